The Hall–Kier alpha value is -0.950. The van der Waals surface area contributed by atoms with Crippen molar-refractivity contribution in [3.63, 3.8) is 0 Å². The van der Waals surface area contributed by atoms with Crippen LogP contribution in [0.3, 0.4) is 0 Å². The van der Waals surface area contributed by atoms with Gasteiger partial charge >= 0.3 is 6.03 Å². The fourth-order valence-corrected chi connectivity index (χ4v) is 2.74. The van der Waals surface area contributed by atoms with Crippen molar-refractivity contribution in [3.05, 3.63) is 0 Å². The maximum atomic E-state index is 12.3. The van der Waals surface area contributed by atoms with E-state index in [4.69, 9.17) is 5.73 Å². The predicted octanol–water partition coefficient (Wildman–Crippen LogP) is 0.00570. The van der Waals surface area contributed by atoms with E-state index in [1.165, 1.54) is 0 Å². The van der Waals surface area contributed by atoms with Crippen molar-refractivity contribution >= 4 is 23.7 Å². The van der Waals surface area contributed by atoms with E-state index in [1.54, 1.807) is 23.6 Å². The Balaban J connectivity index is 2.58. The lowest BCUT2D eigenvalue weighted by molar-refractivity contribution is -0.132. The number of likely N-dealkylation sites (tertiary alicyclic amines) is 1. The number of rotatable bonds is 6. The summed E-state index contributed by atoms with van der Waals surface area (Å²) in [4.78, 5) is 25.0. The van der Waals surface area contributed by atoms with Crippen molar-refractivity contribution in [1.29, 1.82) is 0 Å². The number of carbonyl (C=O) groups is 2. The van der Waals surface area contributed by atoms with Gasteiger partial charge in [-0.1, -0.05) is 0 Å². The molecule has 0 aromatic rings. The smallest absolute Gasteiger partial charge is 0.312 e. The van der Waals surface area contributed by atoms with Gasteiger partial charge in [-0.05, 0) is 31.8 Å². The Morgan fingerprint density at radius 3 is 2.74 bits per heavy atom. The second kappa shape index (κ2) is 7.59. The summed E-state index contributed by atoms with van der Waals surface area (Å²) < 4.78 is 0. The quantitative estimate of drug-likeness (QED) is 0.641. The molecule has 1 aliphatic heterocycles. The summed E-state index contributed by atoms with van der Waals surface area (Å²) in [5.41, 5.74) is 5.11. The molecule has 7 heteroatoms. The summed E-state index contributed by atoms with van der Waals surface area (Å²) in [6.07, 6.45) is 2.91. The summed E-state index contributed by atoms with van der Waals surface area (Å²) >= 11 is 1.62. The molecule has 6 nitrogen and oxygen atoms in total. The largest absolute Gasteiger partial charge is 0.393 e. The molecule has 4 N–H and O–H groups in total. The van der Waals surface area contributed by atoms with Crippen LogP contribution in [-0.4, -0.2) is 59.2 Å². The number of hydrogen-bond donors (Lipinski definition) is 3. The Morgan fingerprint density at radius 1 is 1.58 bits per heavy atom. The van der Waals surface area contributed by atoms with E-state index >= 15 is 0 Å². The van der Waals surface area contributed by atoms with E-state index in [1.807, 2.05) is 6.26 Å². The third-order valence-electron chi connectivity index (χ3n) is 3.44. The lowest BCUT2D eigenvalue weighted by Crippen LogP contribution is -2.50. The number of primary amides is 1. The lowest BCUT2D eigenvalue weighted by Gasteiger charge is -2.24. The van der Waals surface area contributed by atoms with Gasteiger partial charge in [-0.15, -0.1) is 0 Å². The van der Waals surface area contributed by atoms with Crippen molar-refractivity contribution < 1.29 is 14.7 Å². The van der Waals surface area contributed by atoms with Crippen LogP contribution in [0.25, 0.3) is 0 Å². The molecule has 3 unspecified atom stereocenters. The number of amides is 3. The number of hydrogen-bond acceptors (Lipinski definition) is 4. The highest BCUT2D eigenvalue weighted by molar-refractivity contribution is 7.98. The highest BCUT2D eigenvalue weighted by Gasteiger charge is 2.32. The van der Waals surface area contributed by atoms with Crippen LogP contribution < -0.4 is 11.1 Å². The average molecular weight is 289 g/mol. The Morgan fingerprint density at radius 2 is 2.26 bits per heavy atom. The van der Waals surface area contributed by atoms with E-state index < -0.39 is 18.2 Å². The highest BCUT2D eigenvalue weighted by Crippen LogP contribution is 2.20. The molecule has 1 aliphatic rings. The topological polar surface area (TPSA) is 95.7 Å². The minimum atomic E-state index is -0.675. The number of aliphatic hydroxyl groups is 1. The van der Waals surface area contributed by atoms with Crippen LogP contribution in [0.2, 0.25) is 0 Å². The minimum Gasteiger partial charge on any atom is -0.393 e. The number of nitrogens with zero attached hydrogens (tertiary/aromatic N) is 1. The maximum Gasteiger partial charge on any atom is 0.312 e. The van der Waals surface area contributed by atoms with Gasteiger partial charge in [-0.2, -0.15) is 11.8 Å². The summed E-state index contributed by atoms with van der Waals surface area (Å²) in [5, 5.41) is 12.1. The second-order valence-corrected chi connectivity index (χ2v) is 5.90. The Bertz CT molecular complexity index is 325. The van der Waals surface area contributed by atoms with E-state index in [9.17, 15) is 14.7 Å². The summed E-state index contributed by atoms with van der Waals surface area (Å²) in [5.74, 6) is 0.805. The predicted molar refractivity (Wildman–Crippen MR) is 75.9 cm³/mol. The molecule has 0 aromatic heterocycles. The zero-order valence-electron chi connectivity index (χ0n) is 11.5. The van der Waals surface area contributed by atoms with Crippen molar-refractivity contribution in [3.8, 4) is 0 Å². The van der Waals surface area contributed by atoms with Gasteiger partial charge in [-0.25, -0.2) is 4.79 Å². The van der Waals surface area contributed by atoms with Crippen molar-refractivity contribution in [2.75, 3.05) is 25.1 Å². The molecule has 1 fully saturated rings. The Kier molecular flexibility index (Phi) is 6.44. The number of nitrogens with one attached hydrogen (secondary N) is 1. The first-order chi connectivity index (χ1) is 8.95. The first-order valence-electron chi connectivity index (χ1n) is 6.47. The number of carbonyl (C=O) groups excluding carboxylic acids is 2. The number of aliphatic hydroxyl groups excluding tert-OH is 1. The van der Waals surface area contributed by atoms with Gasteiger partial charge in [-0.3, -0.25) is 4.79 Å². The molecule has 0 saturated carbocycles. The second-order valence-electron chi connectivity index (χ2n) is 4.92. The first-order valence-corrected chi connectivity index (χ1v) is 7.86. The molecule has 0 aromatic carbocycles. The molecule has 110 valence electrons. The maximum absolute atomic E-state index is 12.3. The average Bonchev–Trinajstić information content (AvgIpc) is 2.82. The van der Waals surface area contributed by atoms with Gasteiger partial charge in [0.15, 0.2) is 0 Å². The fraction of sp³-hybridized carbons (Fsp3) is 0.833. The fourth-order valence-electron chi connectivity index (χ4n) is 2.27. The molecule has 0 bridgehead atoms. The molecule has 0 aliphatic carbocycles. The summed E-state index contributed by atoms with van der Waals surface area (Å²) in [6, 6.07) is -1.23. The number of urea groups is 1. The van der Waals surface area contributed by atoms with E-state index in [2.05, 4.69) is 5.32 Å². The van der Waals surface area contributed by atoms with Crippen molar-refractivity contribution in [2.45, 2.75) is 31.9 Å². The molecule has 1 saturated heterocycles. The summed E-state index contributed by atoms with van der Waals surface area (Å²) in [7, 11) is 0. The van der Waals surface area contributed by atoms with E-state index in [-0.39, 0.29) is 11.8 Å². The van der Waals surface area contributed by atoms with Gasteiger partial charge in [0.05, 0.1) is 6.10 Å². The molecule has 19 heavy (non-hydrogen) atoms. The normalized spacial score (nSPS) is 22.1. The monoisotopic (exact) mass is 289 g/mol. The van der Waals surface area contributed by atoms with Gasteiger partial charge in [0.2, 0.25) is 5.91 Å². The van der Waals surface area contributed by atoms with Gasteiger partial charge in [0, 0.05) is 19.0 Å². The zero-order valence-corrected chi connectivity index (χ0v) is 12.3. The van der Waals surface area contributed by atoms with Gasteiger partial charge in [0.1, 0.15) is 6.04 Å². The molecular formula is C12H23N3O3S. The van der Waals surface area contributed by atoms with Crippen LogP contribution in [0.4, 0.5) is 4.79 Å². The zero-order chi connectivity index (χ0) is 14.4. The third-order valence-corrected chi connectivity index (χ3v) is 4.09. The molecule has 1 heterocycles. The van der Waals surface area contributed by atoms with Crippen LogP contribution >= 0.6 is 11.8 Å². The molecule has 1 rings (SSSR count). The molecule has 0 spiro atoms. The van der Waals surface area contributed by atoms with E-state index in [0.29, 0.717) is 19.5 Å². The van der Waals surface area contributed by atoms with Crippen LogP contribution in [0.15, 0.2) is 0 Å². The van der Waals surface area contributed by atoms with Crippen LogP contribution in [-0.2, 0) is 4.79 Å². The minimum absolute atomic E-state index is 0.101. The van der Waals surface area contributed by atoms with Gasteiger partial charge < -0.3 is 21.1 Å². The lowest BCUT2D eigenvalue weighted by atomic mass is 10.0. The molecule has 3 atom stereocenters. The van der Waals surface area contributed by atoms with Crippen LogP contribution in [0.5, 0.6) is 0 Å². The third kappa shape index (κ3) is 4.91. The first kappa shape index (κ1) is 16.1. The van der Waals surface area contributed by atoms with Crippen molar-refractivity contribution in [2.24, 2.45) is 11.7 Å². The summed E-state index contributed by atoms with van der Waals surface area (Å²) in [6.45, 7) is 2.92. The number of thioether (sulfide) groups is 1. The standard InChI is InChI=1S/C12H23N3O3S/c1-8(16)9-3-5-15(7-9)11(17)10(4-6-19-2)14-12(13)18/h8-10,16H,3-7H2,1-2H3,(H3,13,14,18). The van der Waals surface area contributed by atoms with Crippen LogP contribution in [0, 0.1) is 5.92 Å². The Labute approximate surface area is 118 Å². The van der Waals surface area contributed by atoms with Crippen molar-refractivity contribution in [1.82, 2.24) is 10.2 Å². The SMILES string of the molecule is CSCCC(NC(N)=O)C(=O)N1CCC(C(C)O)C1. The van der Waals surface area contributed by atoms with Crippen LogP contribution in [0.1, 0.15) is 19.8 Å². The molecule has 3 amide bonds. The van der Waals surface area contributed by atoms with E-state index in [0.717, 1.165) is 12.2 Å². The van der Waals surface area contributed by atoms with Gasteiger partial charge in [0.25, 0.3) is 0 Å². The highest BCUT2D eigenvalue weighted by atomic mass is 32.2. The number of nitrogens with two attached hydrogens (primary N) is 1. The molecule has 0 radical (unpaired) electrons. The molecular weight excluding hydrogens is 266 g/mol.